The smallest absolute Gasteiger partial charge is 0.0688 e. The molecule has 1 rings (SSSR count). The fraction of sp³-hybridized carbons (Fsp3) is 0.385. The highest BCUT2D eigenvalue weighted by Crippen LogP contribution is 2.22. The first-order chi connectivity index (χ1) is 7.19. The Bertz CT molecular complexity index is 354. The Morgan fingerprint density at radius 3 is 2.67 bits per heavy atom. The summed E-state index contributed by atoms with van der Waals surface area (Å²) in [6.07, 6.45) is 6.32. The molecule has 1 aromatic carbocycles. The average molecular weight is 222 g/mol. The van der Waals surface area contributed by atoms with Crippen molar-refractivity contribution in [3.63, 3.8) is 0 Å². The maximum atomic E-state index is 6.10. The van der Waals surface area contributed by atoms with E-state index in [1.165, 1.54) is 0 Å². The van der Waals surface area contributed by atoms with Gasteiger partial charge in [-0.25, -0.2) is 0 Å². The van der Waals surface area contributed by atoms with Crippen LogP contribution in [0.15, 0.2) is 24.3 Å². The van der Waals surface area contributed by atoms with Crippen molar-refractivity contribution in [1.82, 2.24) is 5.32 Å². The molecule has 80 valence electrons. The highest BCUT2D eigenvalue weighted by Gasteiger charge is 2.11. The van der Waals surface area contributed by atoms with Gasteiger partial charge in [-0.05, 0) is 25.0 Å². The summed E-state index contributed by atoms with van der Waals surface area (Å²) in [5, 5.41) is 4.13. The predicted octanol–water partition coefficient (Wildman–Crippen LogP) is 3.40. The molecule has 2 heteroatoms. The molecule has 0 spiro atoms. The van der Waals surface area contributed by atoms with Gasteiger partial charge in [0, 0.05) is 11.1 Å². The number of hydrogen-bond acceptors (Lipinski definition) is 1. The van der Waals surface area contributed by atoms with Crippen LogP contribution in [0.1, 0.15) is 31.9 Å². The van der Waals surface area contributed by atoms with E-state index in [4.69, 9.17) is 18.0 Å². The van der Waals surface area contributed by atoms with Crippen LogP contribution >= 0.6 is 11.6 Å². The van der Waals surface area contributed by atoms with Crippen molar-refractivity contribution in [1.29, 1.82) is 0 Å². The molecule has 15 heavy (non-hydrogen) atoms. The lowest BCUT2D eigenvalue weighted by molar-refractivity contribution is 0.512. The first-order valence-electron chi connectivity index (χ1n) is 5.15. The van der Waals surface area contributed by atoms with E-state index in [1.807, 2.05) is 24.3 Å². The van der Waals surface area contributed by atoms with Crippen molar-refractivity contribution in [2.45, 2.75) is 32.4 Å². The van der Waals surface area contributed by atoms with Gasteiger partial charge in [0.15, 0.2) is 0 Å². The summed E-state index contributed by atoms with van der Waals surface area (Å²) in [6.45, 7) is 4.14. The lowest BCUT2D eigenvalue weighted by atomic mass is 10.1. The van der Waals surface area contributed by atoms with Crippen molar-refractivity contribution in [2.24, 2.45) is 0 Å². The van der Waals surface area contributed by atoms with Crippen molar-refractivity contribution in [2.75, 3.05) is 0 Å². The Morgan fingerprint density at radius 2 is 2.13 bits per heavy atom. The Morgan fingerprint density at radius 1 is 1.47 bits per heavy atom. The number of halogens is 1. The highest BCUT2D eigenvalue weighted by molar-refractivity contribution is 6.31. The second-order valence-electron chi connectivity index (χ2n) is 3.54. The van der Waals surface area contributed by atoms with Crippen molar-refractivity contribution < 1.29 is 0 Å². The van der Waals surface area contributed by atoms with E-state index in [-0.39, 0.29) is 12.1 Å². The lowest BCUT2D eigenvalue weighted by Crippen LogP contribution is -2.29. The second-order valence-corrected chi connectivity index (χ2v) is 3.94. The van der Waals surface area contributed by atoms with Gasteiger partial charge in [-0.1, -0.05) is 42.6 Å². The Balaban J connectivity index is 2.73. The zero-order chi connectivity index (χ0) is 11.3. The molecule has 1 nitrogen and oxygen atoms in total. The molecule has 1 N–H and O–H groups in total. The minimum Gasteiger partial charge on any atom is -0.297 e. The van der Waals surface area contributed by atoms with Gasteiger partial charge in [0.05, 0.1) is 6.04 Å². The molecule has 2 atom stereocenters. The van der Waals surface area contributed by atoms with Crippen molar-refractivity contribution in [3.05, 3.63) is 34.9 Å². The molecular weight excluding hydrogens is 206 g/mol. The largest absolute Gasteiger partial charge is 0.297 e. The standard InChI is InChI=1S/C13H16ClN/c1-4-11(5-2)15-10(3)12-8-6-7-9-13(12)14/h1,6-11,15H,5H2,2-3H3/t10-,11?/m1/s1. The summed E-state index contributed by atoms with van der Waals surface area (Å²) in [5.41, 5.74) is 1.09. The molecule has 0 aliphatic heterocycles. The Labute approximate surface area is 96.8 Å². The van der Waals surface area contributed by atoms with Crippen LogP contribution in [0.5, 0.6) is 0 Å². The minimum atomic E-state index is 0.108. The fourth-order valence-corrected chi connectivity index (χ4v) is 1.80. The Hall–Kier alpha value is -0.970. The first-order valence-corrected chi connectivity index (χ1v) is 5.53. The molecule has 0 heterocycles. The minimum absolute atomic E-state index is 0.108. The number of hydrogen-bond donors (Lipinski definition) is 1. The topological polar surface area (TPSA) is 12.0 Å². The number of benzene rings is 1. The summed E-state index contributed by atoms with van der Waals surface area (Å²) in [4.78, 5) is 0. The predicted molar refractivity (Wildman–Crippen MR) is 65.9 cm³/mol. The van der Waals surface area contributed by atoms with Gasteiger partial charge in [-0.3, -0.25) is 5.32 Å². The lowest BCUT2D eigenvalue weighted by Gasteiger charge is -2.19. The molecular formula is C13H16ClN. The molecule has 1 unspecified atom stereocenters. The van der Waals surface area contributed by atoms with Crippen LogP contribution in [-0.4, -0.2) is 6.04 Å². The summed E-state index contributed by atoms with van der Waals surface area (Å²) in [7, 11) is 0. The number of nitrogens with one attached hydrogen (secondary N) is 1. The van der Waals surface area contributed by atoms with E-state index in [9.17, 15) is 0 Å². The van der Waals surface area contributed by atoms with Crippen molar-refractivity contribution in [3.8, 4) is 12.3 Å². The van der Waals surface area contributed by atoms with Crippen LogP contribution in [0.4, 0.5) is 0 Å². The zero-order valence-corrected chi connectivity index (χ0v) is 9.88. The van der Waals surface area contributed by atoms with Gasteiger partial charge in [0.25, 0.3) is 0 Å². The molecule has 0 aromatic heterocycles. The third-order valence-electron chi connectivity index (χ3n) is 2.43. The molecule has 0 amide bonds. The maximum Gasteiger partial charge on any atom is 0.0688 e. The highest BCUT2D eigenvalue weighted by atomic mass is 35.5. The summed E-state index contributed by atoms with van der Waals surface area (Å²) in [6, 6.07) is 8.11. The summed E-state index contributed by atoms with van der Waals surface area (Å²) >= 11 is 6.10. The number of rotatable bonds is 4. The van der Waals surface area contributed by atoms with Crippen molar-refractivity contribution >= 4 is 11.6 Å². The van der Waals surface area contributed by atoms with E-state index < -0.39 is 0 Å². The van der Waals surface area contributed by atoms with Crippen LogP contribution in [0, 0.1) is 12.3 Å². The van der Waals surface area contributed by atoms with Gasteiger partial charge < -0.3 is 0 Å². The van der Waals surface area contributed by atoms with Crippen LogP contribution in [-0.2, 0) is 0 Å². The van der Waals surface area contributed by atoms with Gasteiger partial charge >= 0.3 is 0 Å². The molecule has 1 aromatic rings. The summed E-state index contributed by atoms with van der Waals surface area (Å²) in [5.74, 6) is 2.72. The van der Waals surface area contributed by atoms with Crippen LogP contribution < -0.4 is 5.32 Å². The molecule has 0 fully saturated rings. The quantitative estimate of drug-likeness (QED) is 0.769. The molecule has 0 aliphatic carbocycles. The average Bonchev–Trinajstić information content (AvgIpc) is 2.26. The van der Waals surface area contributed by atoms with E-state index in [2.05, 4.69) is 25.1 Å². The van der Waals surface area contributed by atoms with E-state index in [1.54, 1.807) is 0 Å². The van der Waals surface area contributed by atoms with E-state index in [0.29, 0.717) is 0 Å². The number of terminal acetylenes is 1. The molecule has 0 saturated heterocycles. The van der Waals surface area contributed by atoms with Gasteiger partial charge in [-0.15, -0.1) is 6.42 Å². The van der Waals surface area contributed by atoms with E-state index in [0.717, 1.165) is 17.0 Å². The fourth-order valence-electron chi connectivity index (χ4n) is 1.50. The normalized spacial score (nSPS) is 14.3. The third-order valence-corrected chi connectivity index (χ3v) is 2.78. The molecule has 0 saturated carbocycles. The van der Waals surface area contributed by atoms with Crippen LogP contribution in [0.3, 0.4) is 0 Å². The van der Waals surface area contributed by atoms with Gasteiger partial charge in [0.1, 0.15) is 0 Å². The first kappa shape index (κ1) is 12.1. The van der Waals surface area contributed by atoms with E-state index >= 15 is 0 Å². The monoisotopic (exact) mass is 221 g/mol. The Kier molecular flexibility index (Phi) is 4.68. The summed E-state index contributed by atoms with van der Waals surface area (Å²) < 4.78 is 0. The molecule has 0 aliphatic rings. The third kappa shape index (κ3) is 3.27. The second kappa shape index (κ2) is 5.80. The van der Waals surface area contributed by atoms with Crippen LogP contribution in [0.25, 0.3) is 0 Å². The van der Waals surface area contributed by atoms with Gasteiger partial charge in [0.2, 0.25) is 0 Å². The molecule has 0 bridgehead atoms. The zero-order valence-electron chi connectivity index (χ0n) is 9.13. The van der Waals surface area contributed by atoms with Gasteiger partial charge in [-0.2, -0.15) is 0 Å². The molecule has 0 radical (unpaired) electrons. The maximum absolute atomic E-state index is 6.10. The van der Waals surface area contributed by atoms with Crippen LogP contribution in [0.2, 0.25) is 5.02 Å². The SMILES string of the molecule is C#CC(CC)N[C@H](C)c1ccccc1Cl.